The minimum atomic E-state index is -3.86. The van der Waals surface area contributed by atoms with E-state index in [4.69, 9.17) is 21.4 Å². The highest BCUT2D eigenvalue weighted by atomic mass is 35.5. The number of aliphatic carboxylic acids is 1. The van der Waals surface area contributed by atoms with Crippen molar-refractivity contribution in [1.29, 1.82) is 0 Å². The molecule has 22 heavy (non-hydrogen) atoms. The third-order valence-electron chi connectivity index (χ3n) is 3.22. The highest BCUT2D eigenvalue weighted by Gasteiger charge is 2.34. The maximum Gasteiger partial charge on any atom is 0.328 e. The molecule has 0 saturated carbocycles. The summed E-state index contributed by atoms with van der Waals surface area (Å²) in [6.45, 7) is 0.0739. The molecule has 1 heterocycles. The van der Waals surface area contributed by atoms with E-state index in [0.717, 1.165) is 4.90 Å². The zero-order chi connectivity index (χ0) is 16.3. The van der Waals surface area contributed by atoms with Gasteiger partial charge in [-0.2, -0.15) is 0 Å². The summed E-state index contributed by atoms with van der Waals surface area (Å²) in [5.74, 6) is -2.78. The predicted octanol–water partition coefficient (Wildman–Crippen LogP) is 0.426. The van der Waals surface area contributed by atoms with Crippen LogP contribution in [0.3, 0.4) is 0 Å². The topological polar surface area (TPSA) is 101 Å². The van der Waals surface area contributed by atoms with E-state index in [9.17, 15) is 18.0 Å². The first-order valence-electron chi connectivity index (χ1n) is 6.39. The fourth-order valence-corrected chi connectivity index (χ4v) is 3.41. The smallest absolute Gasteiger partial charge is 0.328 e. The maximum atomic E-state index is 12.2. The van der Waals surface area contributed by atoms with Crippen LogP contribution in [0.1, 0.15) is 0 Å². The zero-order valence-corrected chi connectivity index (χ0v) is 13.0. The number of benzene rings is 1. The van der Waals surface area contributed by atoms with Crippen LogP contribution in [0.25, 0.3) is 0 Å². The molecule has 0 aliphatic carbocycles. The number of sulfone groups is 1. The normalized spacial score (nSPS) is 19.0. The summed E-state index contributed by atoms with van der Waals surface area (Å²) in [5, 5.41) is 9.44. The number of carbonyl (C=O) groups is 2. The van der Waals surface area contributed by atoms with Gasteiger partial charge in [-0.05, 0) is 24.3 Å². The van der Waals surface area contributed by atoms with Crippen LogP contribution in [0.4, 0.5) is 0 Å². The molecule has 1 aromatic rings. The molecule has 1 amide bonds. The second kappa shape index (κ2) is 6.64. The standard InChI is InChI=1S/C13H14ClNO6S/c14-9-1-3-10(4-2-9)22(19,20)8-12(16)15-5-6-21-7-11(15)13(17)18/h1-4,11H,5-8H2,(H,17,18)/t11-/m0/s1. The number of hydrogen-bond donors (Lipinski definition) is 1. The molecule has 1 aliphatic rings. The fraction of sp³-hybridized carbons (Fsp3) is 0.385. The molecule has 0 spiro atoms. The van der Waals surface area contributed by atoms with Crippen LogP contribution < -0.4 is 0 Å². The average molecular weight is 348 g/mol. The van der Waals surface area contributed by atoms with Gasteiger partial charge in [0, 0.05) is 11.6 Å². The molecule has 7 nitrogen and oxygen atoms in total. The third-order valence-corrected chi connectivity index (χ3v) is 5.09. The summed E-state index contributed by atoms with van der Waals surface area (Å²) < 4.78 is 29.4. The molecule has 1 aliphatic heterocycles. The lowest BCUT2D eigenvalue weighted by atomic mass is 10.2. The number of nitrogens with zero attached hydrogens (tertiary/aromatic N) is 1. The number of carboxylic acid groups (broad SMARTS) is 1. The number of carbonyl (C=O) groups excluding carboxylic acids is 1. The summed E-state index contributed by atoms with van der Waals surface area (Å²) in [6, 6.07) is 4.26. The summed E-state index contributed by atoms with van der Waals surface area (Å²) in [7, 11) is -3.86. The second-order valence-electron chi connectivity index (χ2n) is 4.73. The molecule has 0 aromatic heterocycles. The van der Waals surface area contributed by atoms with Crippen molar-refractivity contribution < 1.29 is 27.9 Å². The predicted molar refractivity (Wildman–Crippen MR) is 77.5 cm³/mol. The number of carboxylic acids is 1. The van der Waals surface area contributed by atoms with Gasteiger partial charge in [-0.1, -0.05) is 11.6 Å². The number of ether oxygens (including phenoxy) is 1. The lowest BCUT2D eigenvalue weighted by Gasteiger charge is -2.32. The Hall–Kier alpha value is -1.64. The molecule has 120 valence electrons. The molecular weight excluding hydrogens is 334 g/mol. The molecule has 0 bridgehead atoms. The van der Waals surface area contributed by atoms with Crippen LogP contribution in [-0.2, 0) is 24.2 Å². The fourth-order valence-electron chi connectivity index (χ4n) is 2.08. The van der Waals surface area contributed by atoms with Crippen molar-refractivity contribution in [3.63, 3.8) is 0 Å². The molecule has 1 N–H and O–H groups in total. The van der Waals surface area contributed by atoms with E-state index in [1.807, 2.05) is 0 Å². The van der Waals surface area contributed by atoms with Gasteiger partial charge >= 0.3 is 5.97 Å². The molecule has 1 saturated heterocycles. The van der Waals surface area contributed by atoms with Crippen LogP contribution in [0.2, 0.25) is 5.02 Å². The van der Waals surface area contributed by atoms with E-state index in [2.05, 4.69) is 0 Å². The van der Waals surface area contributed by atoms with Crippen molar-refractivity contribution in [3.05, 3.63) is 29.3 Å². The van der Waals surface area contributed by atoms with Gasteiger partial charge in [-0.3, -0.25) is 4.79 Å². The van der Waals surface area contributed by atoms with Gasteiger partial charge in [0.2, 0.25) is 5.91 Å². The minimum absolute atomic E-state index is 0.0367. The number of amides is 1. The van der Waals surface area contributed by atoms with Crippen LogP contribution in [0, 0.1) is 0 Å². The largest absolute Gasteiger partial charge is 0.480 e. The van der Waals surface area contributed by atoms with Crippen LogP contribution >= 0.6 is 11.6 Å². The SMILES string of the molecule is O=C(O)[C@@H]1COCCN1C(=O)CS(=O)(=O)c1ccc(Cl)cc1. The summed E-state index contributed by atoms with van der Waals surface area (Å²) in [6.07, 6.45) is 0. The van der Waals surface area contributed by atoms with Crippen molar-refractivity contribution in [1.82, 2.24) is 4.90 Å². The van der Waals surface area contributed by atoms with E-state index in [0.29, 0.717) is 5.02 Å². The van der Waals surface area contributed by atoms with E-state index in [-0.39, 0.29) is 24.7 Å². The van der Waals surface area contributed by atoms with E-state index >= 15 is 0 Å². The van der Waals surface area contributed by atoms with Gasteiger partial charge in [0.05, 0.1) is 18.1 Å². The minimum Gasteiger partial charge on any atom is -0.480 e. The van der Waals surface area contributed by atoms with E-state index in [1.165, 1.54) is 24.3 Å². The van der Waals surface area contributed by atoms with Gasteiger partial charge in [-0.25, -0.2) is 13.2 Å². The second-order valence-corrected chi connectivity index (χ2v) is 7.16. The number of rotatable bonds is 4. The molecule has 1 atom stereocenters. The Labute approximate surface area is 132 Å². The Morgan fingerprint density at radius 1 is 1.32 bits per heavy atom. The van der Waals surface area contributed by atoms with Crippen molar-refractivity contribution in [2.24, 2.45) is 0 Å². The van der Waals surface area contributed by atoms with Crippen LogP contribution in [0.15, 0.2) is 29.2 Å². The third kappa shape index (κ3) is 3.76. The lowest BCUT2D eigenvalue weighted by Crippen LogP contribution is -2.54. The first-order valence-corrected chi connectivity index (χ1v) is 8.42. The summed E-state index contributed by atoms with van der Waals surface area (Å²) >= 11 is 5.69. The molecule has 2 rings (SSSR count). The molecule has 0 radical (unpaired) electrons. The Balaban J connectivity index is 2.16. The number of hydrogen-bond acceptors (Lipinski definition) is 5. The Morgan fingerprint density at radius 2 is 1.95 bits per heavy atom. The summed E-state index contributed by atoms with van der Waals surface area (Å²) in [4.78, 5) is 24.3. The first kappa shape index (κ1) is 16.7. The Morgan fingerprint density at radius 3 is 2.55 bits per heavy atom. The zero-order valence-electron chi connectivity index (χ0n) is 11.4. The Bertz CT molecular complexity index is 672. The quantitative estimate of drug-likeness (QED) is 0.847. The van der Waals surface area contributed by atoms with Crippen molar-refractivity contribution in [2.75, 3.05) is 25.5 Å². The summed E-state index contributed by atoms with van der Waals surface area (Å²) in [5.41, 5.74) is 0. The molecule has 1 fully saturated rings. The molecule has 9 heteroatoms. The van der Waals surface area contributed by atoms with Gasteiger partial charge < -0.3 is 14.7 Å². The number of halogens is 1. The molecular formula is C13H14ClNO6S. The first-order chi connectivity index (χ1) is 10.3. The average Bonchev–Trinajstić information content (AvgIpc) is 2.47. The van der Waals surface area contributed by atoms with Crippen molar-refractivity contribution >= 4 is 33.3 Å². The van der Waals surface area contributed by atoms with E-state index < -0.39 is 33.5 Å². The maximum absolute atomic E-state index is 12.2. The van der Waals surface area contributed by atoms with Gasteiger partial charge in [-0.15, -0.1) is 0 Å². The van der Waals surface area contributed by atoms with Gasteiger partial charge in [0.1, 0.15) is 5.75 Å². The van der Waals surface area contributed by atoms with Crippen LogP contribution in [0.5, 0.6) is 0 Å². The van der Waals surface area contributed by atoms with Gasteiger partial charge in [0.15, 0.2) is 15.9 Å². The van der Waals surface area contributed by atoms with Crippen LogP contribution in [-0.4, -0.2) is 61.9 Å². The highest BCUT2D eigenvalue weighted by Crippen LogP contribution is 2.17. The molecule has 1 aromatic carbocycles. The van der Waals surface area contributed by atoms with Gasteiger partial charge in [0.25, 0.3) is 0 Å². The van der Waals surface area contributed by atoms with Crippen molar-refractivity contribution in [3.8, 4) is 0 Å². The number of morpholine rings is 1. The van der Waals surface area contributed by atoms with E-state index in [1.54, 1.807) is 0 Å². The van der Waals surface area contributed by atoms with Crippen molar-refractivity contribution in [2.45, 2.75) is 10.9 Å². The Kier molecular flexibility index (Phi) is 5.05. The lowest BCUT2D eigenvalue weighted by molar-refractivity contribution is -0.157. The monoisotopic (exact) mass is 347 g/mol. The molecule has 0 unspecified atom stereocenters. The highest BCUT2D eigenvalue weighted by molar-refractivity contribution is 7.92.